The van der Waals surface area contributed by atoms with Crippen LogP contribution in [0.4, 0.5) is 0 Å². The van der Waals surface area contributed by atoms with Crippen molar-refractivity contribution in [2.24, 2.45) is 11.7 Å². The van der Waals surface area contributed by atoms with Crippen molar-refractivity contribution in [3.05, 3.63) is 12.7 Å². The van der Waals surface area contributed by atoms with Crippen LogP contribution in [0.2, 0.25) is 0 Å². The number of hydrogen-bond acceptors (Lipinski definition) is 2. The summed E-state index contributed by atoms with van der Waals surface area (Å²) in [7, 11) is 0. The van der Waals surface area contributed by atoms with Gasteiger partial charge >= 0.3 is 0 Å². The number of hydrogen-bond donors (Lipinski definition) is 1. The Balaban J connectivity index is 3.08. The Bertz CT molecular complexity index is 145. The molecule has 2 N–H and O–H groups in total. The lowest BCUT2D eigenvalue weighted by Crippen LogP contribution is -2.27. The SMILES string of the molecule is C=CCCCCCOCCC(N)C(C)C. The van der Waals surface area contributed by atoms with Crippen molar-refractivity contribution in [1.82, 2.24) is 0 Å². The molecule has 2 nitrogen and oxygen atoms in total. The summed E-state index contributed by atoms with van der Waals surface area (Å²) >= 11 is 0. The van der Waals surface area contributed by atoms with Crippen molar-refractivity contribution in [3.8, 4) is 0 Å². The standard InChI is InChI=1S/C13H27NO/c1-4-5-6-7-8-10-15-11-9-13(14)12(2)3/h4,12-13H,1,5-11,14H2,2-3H3. The van der Waals surface area contributed by atoms with Crippen LogP contribution >= 0.6 is 0 Å². The average molecular weight is 213 g/mol. The van der Waals surface area contributed by atoms with Crippen molar-refractivity contribution >= 4 is 0 Å². The van der Waals surface area contributed by atoms with Gasteiger partial charge in [-0.25, -0.2) is 0 Å². The molecule has 0 aromatic heterocycles. The Labute approximate surface area is 94.9 Å². The fourth-order valence-corrected chi connectivity index (χ4v) is 1.32. The average Bonchev–Trinajstić information content (AvgIpc) is 2.21. The quantitative estimate of drug-likeness (QED) is 0.447. The van der Waals surface area contributed by atoms with Crippen LogP contribution < -0.4 is 5.73 Å². The third kappa shape index (κ3) is 9.95. The monoisotopic (exact) mass is 213 g/mol. The van der Waals surface area contributed by atoms with Gasteiger partial charge in [-0.15, -0.1) is 6.58 Å². The predicted molar refractivity (Wildman–Crippen MR) is 66.9 cm³/mol. The highest BCUT2D eigenvalue weighted by molar-refractivity contribution is 4.65. The van der Waals surface area contributed by atoms with E-state index in [0.29, 0.717) is 5.92 Å². The molecule has 0 rings (SSSR count). The molecule has 1 atom stereocenters. The Kier molecular flexibility index (Phi) is 9.96. The highest BCUT2D eigenvalue weighted by Gasteiger charge is 2.06. The molecule has 0 aliphatic rings. The second-order valence-electron chi connectivity index (χ2n) is 4.45. The lowest BCUT2D eigenvalue weighted by molar-refractivity contribution is 0.119. The molecule has 1 unspecified atom stereocenters. The minimum absolute atomic E-state index is 0.283. The first-order chi connectivity index (χ1) is 7.18. The summed E-state index contributed by atoms with van der Waals surface area (Å²) in [5, 5.41) is 0. The molecular weight excluding hydrogens is 186 g/mol. The summed E-state index contributed by atoms with van der Waals surface area (Å²) in [6.45, 7) is 9.69. The fraction of sp³-hybridized carbons (Fsp3) is 0.846. The van der Waals surface area contributed by atoms with Crippen molar-refractivity contribution in [2.45, 2.75) is 52.0 Å². The van der Waals surface area contributed by atoms with E-state index in [9.17, 15) is 0 Å². The van der Waals surface area contributed by atoms with Crippen molar-refractivity contribution in [1.29, 1.82) is 0 Å². The lowest BCUT2D eigenvalue weighted by Gasteiger charge is -2.15. The fourth-order valence-electron chi connectivity index (χ4n) is 1.32. The van der Waals surface area contributed by atoms with Crippen molar-refractivity contribution in [3.63, 3.8) is 0 Å². The zero-order chi connectivity index (χ0) is 11.5. The largest absolute Gasteiger partial charge is 0.381 e. The van der Waals surface area contributed by atoms with Crippen LogP contribution in [0.5, 0.6) is 0 Å². The molecule has 0 amide bonds. The third-order valence-electron chi connectivity index (χ3n) is 2.65. The number of nitrogens with two attached hydrogens (primary N) is 1. The second-order valence-corrected chi connectivity index (χ2v) is 4.45. The van der Waals surface area contributed by atoms with E-state index >= 15 is 0 Å². The predicted octanol–water partition coefficient (Wildman–Crippen LogP) is 3.12. The molecule has 0 aliphatic carbocycles. The van der Waals surface area contributed by atoms with Crippen molar-refractivity contribution < 1.29 is 4.74 Å². The molecule has 15 heavy (non-hydrogen) atoms. The Morgan fingerprint density at radius 3 is 2.53 bits per heavy atom. The van der Waals surface area contributed by atoms with Gasteiger partial charge in [-0.1, -0.05) is 26.3 Å². The highest BCUT2D eigenvalue weighted by atomic mass is 16.5. The van der Waals surface area contributed by atoms with Gasteiger partial charge < -0.3 is 10.5 Å². The van der Waals surface area contributed by atoms with Gasteiger partial charge in [0, 0.05) is 19.3 Å². The molecule has 0 aromatic carbocycles. The van der Waals surface area contributed by atoms with E-state index in [1.54, 1.807) is 0 Å². The van der Waals surface area contributed by atoms with Gasteiger partial charge in [0.1, 0.15) is 0 Å². The molecule has 0 fully saturated rings. The molecule has 0 saturated heterocycles. The first kappa shape index (κ1) is 14.7. The van der Waals surface area contributed by atoms with E-state index in [4.69, 9.17) is 10.5 Å². The third-order valence-corrected chi connectivity index (χ3v) is 2.65. The van der Waals surface area contributed by atoms with Gasteiger partial charge in [0.05, 0.1) is 0 Å². The molecule has 90 valence electrons. The van der Waals surface area contributed by atoms with Gasteiger partial charge in [-0.05, 0) is 31.6 Å². The number of allylic oxidation sites excluding steroid dienone is 1. The van der Waals surface area contributed by atoms with E-state index < -0.39 is 0 Å². The summed E-state index contributed by atoms with van der Waals surface area (Å²) in [5.41, 5.74) is 5.91. The van der Waals surface area contributed by atoms with Gasteiger partial charge in [0.25, 0.3) is 0 Å². The van der Waals surface area contributed by atoms with E-state index in [2.05, 4.69) is 20.4 Å². The summed E-state index contributed by atoms with van der Waals surface area (Å²) in [4.78, 5) is 0. The first-order valence-corrected chi connectivity index (χ1v) is 6.12. The molecule has 0 aromatic rings. The molecular formula is C13H27NO. The molecule has 0 bridgehead atoms. The Morgan fingerprint density at radius 1 is 1.20 bits per heavy atom. The smallest absolute Gasteiger partial charge is 0.0480 e. The van der Waals surface area contributed by atoms with E-state index in [0.717, 1.165) is 32.5 Å². The molecule has 0 heterocycles. The maximum atomic E-state index is 5.91. The van der Waals surface area contributed by atoms with Crippen LogP contribution in [0.1, 0.15) is 46.0 Å². The summed E-state index contributed by atoms with van der Waals surface area (Å²) in [6, 6.07) is 0.283. The molecule has 0 spiro atoms. The highest BCUT2D eigenvalue weighted by Crippen LogP contribution is 2.04. The van der Waals surface area contributed by atoms with Crippen LogP contribution in [0.25, 0.3) is 0 Å². The Hall–Kier alpha value is -0.340. The van der Waals surface area contributed by atoms with Gasteiger partial charge in [0.15, 0.2) is 0 Å². The summed E-state index contributed by atoms with van der Waals surface area (Å²) in [6.07, 6.45) is 7.70. The lowest BCUT2D eigenvalue weighted by atomic mass is 10.0. The van der Waals surface area contributed by atoms with Crippen LogP contribution in [0, 0.1) is 5.92 Å². The van der Waals surface area contributed by atoms with E-state index in [1.165, 1.54) is 12.8 Å². The number of ether oxygens (including phenoxy) is 1. The van der Waals surface area contributed by atoms with Crippen LogP contribution in [-0.2, 0) is 4.74 Å². The normalized spacial score (nSPS) is 13.1. The van der Waals surface area contributed by atoms with Gasteiger partial charge in [-0.3, -0.25) is 0 Å². The minimum atomic E-state index is 0.283. The Morgan fingerprint density at radius 2 is 1.93 bits per heavy atom. The maximum Gasteiger partial charge on any atom is 0.0480 e. The van der Waals surface area contributed by atoms with Gasteiger partial charge in [0.2, 0.25) is 0 Å². The second kappa shape index (κ2) is 10.2. The number of unbranched alkanes of at least 4 members (excludes halogenated alkanes) is 3. The summed E-state index contributed by atoms with van der Waals surface area (Å²) < 4.78 is 5.53. The minimum Gasteiger partial charge on any atom is -0.381 e. The van der Waals surface area contributed by atoms with E-state index in [-0.39, 0.29) is 6.04 Å². The zero-order valence-corrected chi connectivity index (χ0v) is 10.4. The maximum absolute atomic E-state index is 5.91. The van der Waals surface area contributed by atoms with Crippen molar-refractivity contribution in [2.75, 3.05) is 13.2 Å². The molecule has 0 radical (unpaired) electrons. The first-order valence-electron chi connectivity index (χ1n) is 6.12. The van der Waals surface area contributed by atoms with E-state index in [1.807, 2.05) is 6.08 Å². The zero-order valence-electron chi connectivity index (χ0n) is 10.4. The molecule has 2 heteroatoms. The van der Waals surface area contributed by atoms with Crippen LogP contribution in [0.15, 0.2) is 12.7 Å². The van der Waals surface area contributed by atoms with Gasteiger partial charge in [-0.2, -0.15) is 0 Å². The molecule has 0 aliphatic heterocycles. The van der Waals surface area contributed by atoms with Crippen LogP contribution in [-0.4, -0.2) is 19.3 Å². The molecule has 0 saturated carbocycles. The van der Waals surface area contributed by atoms with Crippen LogP contribution in [0.3, 0.4) is 0 Å². The summed E-state index contributed by atoms with van der Waals surface area (Å²) in [5.74, 6) is 0.557. The topological polar surface area (TPSA) is 35.2 Å². The number of rotatable bonds is 10.